The number of nitrogens with one attached hydrogen (secondary N) is 2. The topological polar surface area (TPSA) is 53.6 Å². The van der Waals surface area contributed by atoms with Gasteiger partial charge in [-0.2, -0.15) is 0 Å². The summed E-state index contributed by atoms with van der Waals surface area (Å²) in [6.45, 7) is 4.72. The number of nitrogens with zero attached hydrogens (tertiary/aromatic N) is 1. The maximum Gasteiger partial charge on any atom is 0.239 e. The summed E-state index contributed by atoms with van der Waals surface area (Å²) in [6.07, 6.45) is -0.0735. The van der Waals surface area contributed by atoms with Crippen LogP contribution in [0.5, 0.6) is 0 Å². The van der Waals surface area contributed by atoms with E-state index in [2.05, 4.69) is 27.7 Å². The highest BCUT2D eigenvalue weighted by Crippen LogP contribution is 2.09. The largest absolute Gasteiger partial charge is 0.375 e. The van der Waals surface area contributed by atoms with E-state index in [1.54, 1.807) is 0 Å². The van der Waals surface area contributed by atoms with Crippen molar-refractivity contribution in [1.29, 1.82) is 0 Å². The number of amides is 1. The zero-order valence-electron chi connectivity index (χ0n) is 13.0. The van der Waals surface area contributed by atoms with Gasteiger partial charge in [0.1, 0.15) is 6.04 Å². The number of hydrogen-bond donors (Lipinski definition) is 2. The first-order valence-electron chi connectivity index (χ1n) is 7.07. The van der Waals surface area contributed by atoms with Crippen molar-refractivity contribution in [2.24, 2.45) is 0 Å². The molecule has 0 aliphatic carbocycles. The number of rotatable bonds is 5. The zero-order valence-corrected chi connectivity index (χ0v) is 14.6. The standard InChI is InChI=1S/C15H23N3O2.2ClH/c1-12-14(16-9-11-20-12)15(19)17-8-10-18(2)13-6-4-3-5-7-13;;/h3-7,12,14,16H,8-11H2,1-2H3,(H,17,19);2*1H/t12-,14+;;/m1../s1. The predicted octanol–water partition coefficient (Wildman–Crippen LogP) is 1.46. The summed E-state index contributed by atoms with van der Waals surface area (Å²) >= 11 is 0. The van der Waals surface area contributed by atoms with Crippen molar-refractivity contribution >= 4 is 36.4 Å². The molecular weight excluding hydrogens is 325 g/mol. The molecule has 1 aromatic carbocycles. The molecule has 1 saturated heterocycles. The van der Waals surface area contributed by atoms with Crippen LogP contribution in [0.2, 0.25) is 0 Å². The zero-order chi connectivity index (χ0) is 14.4. The molecule has 2 atom stereocenters. The highest BCUT2D eigenvalue weighted by molar-refractivity contribution is 5.85. The van der Waals surface area contributed by atoms with Crippen LogP contribution < -0.4 is 15.5 Å². The minimum absolute atomic E-state index is 0. The van der Waals surface area contributed by atoms with Crippen molar-refractivity contribution in [3.63, 3.8) is 0 Å². The summed E-state index contributed by atoms with van der Waals surface area (Å²) < 4.78 is 5.47. The van der Waals surface area contributed by atoms with E-state index in [1.165, 1.54) is 0 Å². The number of morpholine rings is 1. The molecule has 2 N–H and O–H groups in total. The Morgan fingerprint density at radius 2 is 2.05 bits per heavy atom. The van der Waals surface area contributed by atoms with Crippen molar-refractivity contribution in [1.82, 2.24) is 10.6 Å². The van der Waals surface area contributed by atoms with E-state index < -0.39 is 0 Å². The van der Waals surface area contributed by atoms with Gasteiger partial charge in [0.15, 0.2) is 0 Å². The Kier molecular flexibility index (Phi) is 10.2. The minimum Gasteiger partial charge on any atom is -0.375 e. The van der Waals surface area contributed by atoms with Gasteiger partial charge in [0.25, 0.3) is 0 Å². The normalized spacial score (nSPS) is 20.3. The van der Waals surface area contributed by atoms with Crippen molar-refractivity contribution < 1.29 is 9.53 Å². The molecule has 0 aromatic heterocycles. The molecule has 22 heavy (non-hydrogen) atoms. The first-order chi connectivity index (χ1) is 9.68. The molecule has 1 aliphatic heterocycles. The van der Waals surface area contributed by atoms with Crippen LogP contribution in [0.3, 0.4) is 0 Å². The quantitative estimate of drug-likeness (QED) is 0.844. The lowest BCUT2D eigenvalue weighted by Gasteiger charge is -2.29. The van der Waals surface area contributed by atoms with Gasteiger partial charge in [-0.25, -0.2) is 0 Å². The van der Waals surface area contributed by atoms with Crippen LogP contribution in [0.15, 0.2) is 30.3 Å². The number of carbonyl (C=O) groups is 1. The van der Waals surface area contributed by atoms with Gasteiger partial charge >= 0.3 is 0 Å². The summed E-state index contributed by atoms with van der Waals surface area (Å²) in [5, 5.41) is 6.15. The smallest absolute Gasteiger partial charge is 0.239 e. The van der Waals surface area contributed by atoms with Gasteiger partial charge in [0.05, 0.1) is 12.7 Å². The Labute approximate surface area is 144 Å². The molecular formula is C15H25Cl2N3O2. The number of carbonyl (C=O) groups excluding carboxylic acids is 1. The molecule has 0 bridgehead atoms. The van der Waals surface area contributed by atoms with E-state index in [0.717, 1.165) is 18.8 Å². The number of anilines is 1. The SMILES string of the molecule is C[C@H]1OCCN[C@@H]1C(=O)NCCN(C)c1ccccc1.Cl.Cl. The molecule has 5 nitrogen and oxygen atoms in total. The van der Waals surface area contributed by atoms with Crippen LogP contribution in [0.1, 0.15) is 6.92 Å². The predicted molar refractivity (Wildman–Crippen MR) is 94.4 cm³/mol. The van der Waals surface area contributed by atoms with Gasteiger partial charge in [0.2, 0.25) is 5.91 Å². The lowest BCUT2D eigenvalue weighted by atomic mass is 10.1. The molecule has 0 saturated carbocycles. The molecule has 0 radical (unpaired) electrons. The van der Waals surface area contributed by atoms with E-state index in [1.807, 2.05) is 32.2 Å². The molecule has 2 rings (SSSR count). The Hall–Kier alpha value is -1.01. The molecule has 1 aliphatic rings. The summed E-state index contributed by atoms with van der Waals surface area (Å²) in [5.74, 6) is 0.0126. The van der Waals surface area contributed by atoms with Gasteiger partial charge in [-0.1, -0.05) is 18.2 Å². The number of hydrogen-bond acceptors (Lipinski definition) is 4. The van der Waals surface area contributed by atoms with Crippen LogP contribution in [0, 0.1) is 0 Å². The number of likely N-dealkylation sites (N-methyl/N-ethyl adjacent to an activating group) is 1. The van der Waals surface area contributed by atoms with Gasteiger partial charge < -0.3 is 20.3 Å². The van der Waals surface area contributed by atoms with Crippen molar-refractivity contribution in [2.75, 3.05) is 38.2 Å². The second-order valence-corrected chi connectivity index (χ2v) is 5.06. The maximum absolute atomic E-state index is 12.1. The molecule has 7 heteroatoms. The molecule has 1 heterocycles. The summed E-state index contributed by atoms with van der Waals surface area (Å²) in [5.41, 5.74) is 1.15. The van der Waals surface area contributed by atoms with Crippen LogP contribution in [0.4, 0.5) is 5.69 Å². The van der Waals surface area contributed by atoms with Crippen molar-refractivity contribution in [2.45, 2.75) is 19.1 Å². The van der Waals surface area contributed by atoms with Crippen LogP contribution in [0.25, 0.3) is 0 Å². The number of ether oxygens (including phenoxy) is 1. The fourth-order valence-electron chi connectivity index (χ4n) is 2.30. The third kappa shape index (κ3) is 6.01. The number of para-hydroxylation sites is 1. The minimum atomic E-state index is -0.245. The summed E-state index contributed by atoms with van der Waals surface area (Å²) in [7, 11) is 2.02. The second kappa shape index (κ2) is 10.7. The van der Waals surface area contributed by atoms with Crippen LogP contribution in [-0.4, -0.2) is 51.3 Å². The van der Waals surface area contributed by atoms with Crippen molar-refractivity contribution in [3.05, 3.63) is 30.3 Å². The molecule has 0 unspecified atom stereocenters. The van der Waals surface area contributed by atoms with Crippen LogP contribution >= 0.6 is 24.8 Å². The first kappa shape index (κ1) is 21.0. The van der Waals surface area contributed by atoms with E-state index in [9.17, 15) is 4.79 Å². The van der Waals surface area contributed by atoms with Crippen LogP contribution in [-0.2, 0) is 9.53 Å². The Balaban J connectivity index is 0.00000220. The highest BCUT2D eigenvalue weighted by Gasteiger charge is 2.27. The number of benzene rings is 1. The number of halogens is 2. The average Bonchev–Trinajstić information content (AvgIpc) is 2.48. The Morgan fingerprint density at radius 3 is 2.68 bits per heavy atom. The second-order valence-electron chi connectivity index (χ2n) is 5.06. The van der Waals surface area contributed by atoms with E-state index >= 15 is 0 Å². The van der Waals surface area contributed by atoms with Gasteiger partial charge in [0, 0.05) is 32.4 Å². The molecule has 1 fully saturated rings. The van der Waals surface area contributed by atoms with E-state index in [-0.39, 0.29) is 42.9 Å². The Morgan fingerprint density at radius 1 is 1.36 bits per heavy atom. The van der Waals surface area contributed by atoms with Gasteiger partial charge in [-0.3, -0.25) is 4.79 Å². The summed E-state index contributed by atoms with van der Waals surface area (Å²) in [4.78, 5) is 14.2. The molecule has 1 amide bonds. The fourth-order valence-corrected chi connectivity index (χ4v) is 2.30. The van der Waals surface area contributed by atoms with Gasteiger partial charge in [-0.15, -0.1) is 24.8 Å². The lowest BCUT2D eigenvalue weighted by molar-refractivity contribution is -0.128. The summed E-state index contributed by atoms with van der Waals surface area (Å²) in [6, 6.07) is 9.88. The highest BCUT2D eigenvalue weighted by atomic mass is 35.5. The molecule has 1 aromatic rings. The monoisotopic (exact) mass is 349 g/mol. The molecule has 126 valence electrons. The lowest BCUT2D eigenvalue weighted by Crippen LogP contribution is -2.56. The Bertz CT molecular complexity index is 434. The van der Waals surface area contributed by atoms with Gasteiger partial charge in [-0.05, 0) is 19.1 Å². The fraction of sp³-hybridized carbons (Fsp3) is 0.533. The third-order valence-corrected chi connectivity index (χ3v) is 3.54. The molecule has 0 spiro atoms. The third-order valence-electron chi connectivity index (χ3n) is 3.54. The first-order valence-corrected chi connectivity index (χ1v) is 7.07. The van der Waals surface area contributed by atoms with Crippen molar-refractivity contribution in [3.8, 4) is 0 Å². The average molecular weight is 350 g/mol. The van der Waals surface area contributed by atoms with E-state index in [4.69, 9.17) is 4.74 Å². The van der Waals surface area contributed by atoms with E-state index in [0.29, 0.717) is 13.2 Å². The maximum atomic E-state index is 12.1.